The average Bonchev–Trinajstić information content (AvgIpc) is 2.20. The van der Waals surface area contributed by atoms with Crippen molar-refractivity contribution in [2.45, 2.75) is 0 Å². The van der Waals surface area contributed by atoms with E-state index in [1.807, 2.05) is 6.66 Å². The lowest BCUT2D eigenvalue weighted by molar-refractivity contribution is -0.382. The summed E-state index contributed by atoms with van der Waals surface area (Å²) in [7, 11) is 3.85. The minimum Gasteiger partial charge on any atom is -0.497 e. The first-order valence-corrected chi connectivity index (χ1v) is 4.73. The van der Waals surface area contributed by atoms with Gasteiger partial charge in [0.2, 0.25) is 5.82 Å². The molecule has 0 heterocycles. The van der Waals surface area contributed by atoms with Gasteiger partial charge in [0.1, 0.15) is 5.75 Å². The largest absolute Gasteiger partial charge is 0.497 e. The molecule has 0 saturated heterocycles. The highest BCUT2D eigenvalue weighted by Crippen LogP contribution is 2.15. The first kappa shape index (κ1) is 12.0. The second-order valence-corrected chi connectivity index (χ2v) is 1.95. The molecule has 13 heavy (non-hydrogen) atoms. The Kier molecular flexibility index (Phi) is 5.98. The Hall–Kier alpha value is -1.02. The molecule has 0 aliphatic heterocycles. The summed E-state index contributed by atoms with van der Waals surface area (Å²) < 4.78 is 17.4. The predicted octanol–water partition coefficient (Wildman–Crippen LogP) is 0.804. The summed E-state index contributed by atoms with van der Waals surface area (Å²) in [5, 5.41) is 1.47. The van der Waals surface area contributed by atoms with Gasteiger partial charge in [0.05, 0.1) is 7.11 Å². The van der Waals surface area contributed by atoms with Crippen LogP contribution in [-0.2, 0) is 0 Å². The lowest BCUT2D eigenvalue weighted by Gasteiger charge is -1.96. The van der Waals surface area contributed by atoms with E-state index in [9.17, 15) is 9.30 Å². The van der Waals surface area contributed by atoms with Crippen LogP contribution in [0.4, 0.5) is 10.1 Å². The van der Waals surface area contributed by atoms with Gasteiger partial charge < -0.3 is 4.74 Å². The van der Waals surface area contributed by atoms with E-state index in [4.69, 9.17) is 4.74 Å². The Morgan fingerprint density at radius 1 is 1.46 bits per heavy atom. The zero-order valence-corrected chi connectivity index (χ0v) is 8.66. The number of ether oxygens (including phenoxy) is 1. The molecule has 3 nitrogen and oxygen atoms in total. The third kappa shape index (κ3) is 3.47. The first-order chi connectivity index (χ1) is 6.27. The lowest BCUT2D eigenvalue weighted by Crippen LogP contribution is -2.56. The van der Waals surface area contributed by atoms with Crippen LogP contribution in [0.15, 0.2) is 18.2 Å². The van der Waals surface area contributed by atoms with Crippen molar-refractivity contribution >= 4 is 14.9 Å². The van der Waals surface area contributed by atoms with E-state index in [2.05, 4.69) is 9.24 Å². The van der Waals surface area contributed by atoms with Gasteiger partial charge in [-0.05, 0) is 6.07 Å². The molecule has 0 spiro atoms. The molecule has 1 rings (SSSR count). The second-order valence-electron chi connectivity index (χ2n) is 1.95. The van der Waals surface area contributed by atoms with Crippen molar-refractivity contribution in [1.29, 1.82) is 0 Å². The molecule has 0 saturated carbocycles. The van der Waals surface area contributed by atoms with Crippen LogP contribution >= 0.6 is 9.24 Å². The Bertz CT molecular complexity index is 281. The quantitative estimate of drug-likeness (QED) is 0.724. The van der Waals surface area contributed by atoms with Crippen molar-refractivity contribution in [1.82, 2.24) is 0 Å². The Morgan fingerprint density at radius 2 is 2.08 bits per heavy atom. The Labute approximate surface area is 78.5 Å². The summed E-state index contributed by atoms with van der Waals surface area (Å²) in [6, 6.07) is 3.96. The van der Waals surface area contributed by atoms with Crippen LogP contribution in [0.2, 0.25) is 0 Å². The van der Waals surface area contributed by atoms with Gasteiger partial charge in [0, 0.05) is 22.2 Å². The molecule has 0 aromatic heterocycles. The number of halogens is 1. The van der Waals surface area contributed by atoms with Crippen molar-refractivity contribution in [2.75, 3.05) is 13.8 Å². The van der Waals surface area contributed by atoms with E-state index < -0.39 is 5.82 Å². The number of hydrogen-bond acceptors (Lipinski definition) is 2. The van der Waals surface area contributed by atoms with Crippen molar-refractivity contribution in [2.24, 2.45) is 0 Å². The molecule has 0 bridgehead atoms. The van der Waals surface area contributed by atoms with Crippen LogP contribution in [0.5, 0.6) is 5.75 Å². The van der Waals surface area contributed by atoms with Crippen molar-refractivity contribution in [3.63, 3.8) is 0 Å². The van der Waals surface area contributed by atoms with Crippen molar-refractivity contribution in [3.05, 3.63) is 28.9 Å². The molecule has 0 amide bonds. The van der Waals surface area contributed by atoms with Crippen LogP contribution in [0.1, 0.15) is 0 Å². The molecule has 72 valence electrons. The monoisotopic (exact) mass is 204 g/mol. The van der Waals surface area contributed by atoms with E-state index in [0.717, 1.165) is 6.07 Å². The van der Waals surface area contributed by atoms with Gasteiger partial charge in [0.25, 0.3) is 5.69 Å². The fourth-order valence-corrected chi connectivity index (χ4v) is 0.706. The van der Waals surface area contributed by atoms with Crippen LogP contribution < -0.4 is 9.91 Å². The summed E-state index contributed by atoms with van der Waals surface area (Å²) >= 11 is 0. The summed E-state index contributed by atoms with van der Waals surface area (Å²) in [6.45, 7) is 1.92. The second kappa shape index (κ2) is 6.49. The lowest BCUT2D eigenvalue weighted by atomic mass is 10.3. The fourth-order valence-electron chi connectivity index (χ4n) is 0.706. The maximum Gasteiger partial charge on any atom is 0.289 e. The maximum absolute atomic E-state index is 12.7. The number of rotatable bonds is 2. The molecule has 0 fully saturated rings. The summed E-state index contributed by atoms with van der Waals surface area (Å²) in [4.78, 5) is 10.0. The van der Waals surface area contributed by atoms with E-state index in [1.165, 1.54) is 24.4 Å². The number of methoxy groups -OCH3 is 1. The molecule has 1 N–H and O–H groups in total. The van der Waals surface area contributed by atoms with Crippen LogP contribution in [0.25, 0.3) is 0 Å². The van der Waals surface area contributed by atoms with Crippen molar-refractivity contribution in [3.8, 4) is 5.75 Å². The van der Waals surface area contributed by atoms with Gasteiger partial charge >= 0.3 is 0 Å². The van der Waals surface area contributed by atoms with E-state index in [0.29, 0.717) is 5.75 Å². The zero-order valence-electron chi connectivity index (χ0n) is 7.50. The summed E-state index contributed by atoms with van der Waals surface area (Å²) in [5.74, 6) is -0.221. The third-order valence-corrected chi connectivity index (χ3v) is 1.29. The smallest absolute Gasteiger partial charge is 0.289 e. The van der Waals surface area contributed by atoms with Crippen LogP contribution in [-0.4, -0.2) is 13.8 Å². The average molecular weight is 204 g/mol. The molecule has 1 aromatic rings. The molecule has 0 aliphatic carbocycles. The van der Waals surface area contributed by atoms with Crippen LogP contribution in [0, 0.1) is 10.7 Å². The zero-order chi connectivity index (χ0) is 10.3. The molecular weight excluding hydrogens is 192 g/mol. The molecular formula is C8H12FNO2P+. The van der Waals surface area contributed by atoms with Gasteiger partial charge in [-0.15, -0.1) is 9.24 Å². The van der Waals surface area contributed by atoms with Gasteiger partial charge in [-0.3, -0.25) is 0 Å². The number of hydrogen-bond donors (Lipinski definition) is 1. The number of benzene rings is 1. The topological polar surface area (TPSA) is 40.3 Å². The standard InChI is InChI=1S/C7H6FNO2.CH5P/c1-11-5-2-3-7(9-10)6(8)4-5;1-2/h2-4H,1H3;2H2,1H3/p+1. The third-order valence-electron chi connectivity index (χ3n) is 1.29. The highest BCUT2D eigenvalue weighted by molar-refractivity contribution is 7.15. The fraction of sp³-hybridized carbons (Fsp3) is 0.250. The molecule has 1 atom stereocenters. The summed E-state index contributed by atoms with van der Waals surface area (Å²) in [5.41, 5.74) is -0.0780. The highest BCUT2D eigenvalue weighted by Gasteiger charge is 2.07. The Balaban J connectivity index is 0.000000671. The SMILES string of the molecule is COc1ccc([NH+]=O)c(F)c1.CP. The van der Waals surface area contributed by atoms with E-state index in [1.54, 1.807) is 0 Å². The predicted molar refractivity (Wildman–Crippen MR) is 52.6 cm³/mol. The first-order valence-electron chi connectivity index (χ1n) is 3.57. The number of nitroso groups, excluding NO2 is 1. The molecule has 0 radical (unpaired) electrons. The molecule has 1 unspecified atom stereocenters. The Morgan fingerprint density at radius 3 is 2.46 bits per heavy atom. The van der Waals surface area contributed by atoms with E-state index in [-0.39, 0.29) is 5.69 Å². The highest BCUT2D eigenvalue weighted by atomic mass is 31.0. The molecule has 5 heteroatoms. The summed E-state index contributed by atoms with van der Waals surface area (Å²) in [6.07, 6.45) is 0. The van der Waals surface area contributed by atoms with Gasteiger partial charge in [-0.2, -0.15) is 4.39 Å². The normalized spacial score (nSPS) is 8.31. The van der Waals surface area contributed by atoms with Gasteiger partial charge in [-0.1, -0.05) is 6.66 Å². The minimum absolute atomic E-state index is 0.0780. The number of nitrogens with one attached hydrogen (secondary N) is 1. The van der Waals surface area contributed by atoms with Gasteiger partial charge in [0.15, 0.2) is 0 Å². The molecule has 1 aromatic carbocycles. The van der Waals surface area contributed by atoms with Crippen LogP contribution in [0.3, 0.4) is 0 Å². The molecule has 0 aliphatic rings. The van der Waals surface area contributed by atoms with E-state index >= 15 is 0 Å². The van der Waals surface area contributed by atoms with Crippen molar-refractivity contribution < 1.29 is 14.3 Å². The minimum atomic E-state index is -0.612. The maximum atomic E-state index is 12.7. The van der Waals surface area contributed by atoms with Gasteiger partial charge in [-0.25, -0.2) is 0 Å².